The van der Waals surface area contributed by atoms with E-state index in [4.69, 9.17) is 29.4 Å². The van der Waals surface area contributed by atoms with E-state index in [1.165, 1.54) is 11.4 Å². The molecule has 10 heteroatoms. The molecule has 0 spiro atoms. The van der Waals surface area contributed by atoms with E-state index < -0.39 is 17.4 Å². The molecule has 1 aliphatic heterocycles. The number of hydrogen-bond donors (Lipinski definition) is 1. The number of methoxy groups -OCH3 is 2. The van der Waals surface area contributed by atoms with Crippen LogP contribution in [-0.4, -0.2) is 58.4 Å². The van der Waals surface area contributed by atoms with E-state index in [-0.39, 0.29) is 0 Å². The SMILES string of the molecule is COc1cc(COCCCOc2ccc(SP(C)(=O)C3(C(N)=O)CCOCC3)cc2)cc(OC)c1. The maximum absolute atomic E-state index is 13.6. The lowest BCUT2D eigenvalue weighted by Gasteiger charge is -2.38. The zero-order valence-corrected chi connectivity index (χ0v) is 22.2. The quantitative estimate of drug-likeness (QED) is 0.297. The highest BCUT2D eigenvalue weighted by atomic mass is 32.7. The lowest BCUT2D eigenvalue weighted by molar-refractivity contribution is -0.122. The number of nitrogens with two attached hydrogens (primary N) is 1. The Morgan fingerprint density at radius 2 is 1.66 bits per heavy atom. The summed E-state index contributed by atoms with van der Waals surface area (Å²) < 4.78 is 41.0. The van der Waals surface area contributed by atoms with E-state index >= 15 is 0 Å². The standard InChI is InChI=1S/C25H34NO7PS/c1-29-21-15-19(16-22(17-21)30-2)18-32-11-4-12-33-20-5-7-23(8-6-20)35-34(3,28)25(24(26)27)9-13-31-14-10-25/h5-8,15-17H,4,9-14,18H2,1-3H3,(H2,26,27). The summed E-state index contributed by atoms with van der Waals surface area (Å²) in [6.07, 6.45) is -1.47. The Bertz CT molecular complexity index is 1000. The summed E-state index contributed by atoms with van der Waals surface area (Å²) >= 11 is 1.23. The molecule has 0 aromatic heterocycles. The molecule has 1 atom stereocenters. The first kappa shape index (κ1) is 27.4. The molecule has 192 valence electrons. The van der Waals surface area contributed by atoms with Crippen molar-refractivity contribution in [1.82, 2.24) is 0 Å². The second-order valence-electron chi connectivity index (χ2n) is 8.39. The van der Waals surface area contributed by atoms with Gasteiger partial charge in [0.2, 0.25) is 5.91 Å². The van der Waals surface area contributed by atoms with Crippen LogP contribution in [0.2, 0.25) is 0 Å². The van der Waals surface area contributed by atoms with Gasteiger partial charge in [-0.3, -0.25) is 4.79 Å². The Hall–Kier alpha value is -2.19. The number of hydrogen-bond acceptors (Lipinski definition) is 8. The van der Waals surface area contributed by atoms with Gasteiger partial charge in [0, 0.05) is 30.6 Å². The third-order valence-electron chi connectivity index (χ3n) is 6.04. The highest BCUT2D eigenvalue weighted by Crippen LogP contribution is 2.70. The Balaban J connectivity index is 1.44. The first-order chi connectivity index (χ1) is 16.8. The van der Waals surface area contributed by atoms with E-state index in [0.29, 0.717) is 51.6 Å². The molecule has 1 aliphatic rings. The van der Waals surface area contributed by atoms with Crippen LogP contribution >= 0.6 is 17.7 Å². The van der Waals surface area contributed by atoms with Crippen LogP contribution in [0.15, 0.2) is 47.4 Å². The summed E-state index contributed by atoms with van der Waals surface area (Å²) in [5.74, 6) is 1.66. The number of benzene rings is 2. The van der Waals surface area contributed by atoms with Crippen molar-refractivity contribution < 1.29 is 33.0 Å². The van der Waals surface area contributed by atoms with E-state index in [1.54, 1.807) is 20.9 Å². The number of carbonyl (C=O) groups is 1. The summed E-state index contributed by atoms with van der Waals surface area (Å²) in [6.45, 7) is 3.95. The summed E-state index contributed by atoms with van der Waals surface area (Å²) in [7, 11) is 3.24. The summed E-state index contributed by atoms with van der Waals surface area (Å²) in [5.41, 5.74) is 6.67. The van der Waals surface area contributed by atoms with Crippen LogP contribution in [0.5, 0.6) is 17.2 Å². The van der Waals surface area contributed by atoms with Crippen molar-refractivity contribution in [2.45, 2.75) is 35.9 Å². The minimum atomic E-state index is -2.97. The molecule has 35 heavy (non-hydrogen) atoms. The van der Waals surface area contributed by atoms with Crippen molar-refractivity contribution >= 4 is 23.6 Å². The first-order valence-corrected chi connectivity index (χ1v) is 15.0. The van der Waals surface area contributed by atoms with Crippen molar-refractivity contribution in [3.05, 3.63) is 48.0 Å². The number of ether oxygens (including phenoxy) is 5. The number of amides is 1. The fraction of sp³-hybridized carbons (Fsp3) is 0.480. The van der Waals surface area contributed by atoms with Gasteiger partial charge in [0.05, 0.1) is 34.0 Å². The zero-order valence-electron chi connectivity index (χ0n) is 20.5. The van der Waals surface area contributed by atoms with Gasteiger partial charge >= 0.3 is 0 Å². The van der Waals surface area contributed by atoms with Gasteiger partial charge in [0.15, 0.2) is 6.34 Å². The molecule has 1 heterocycles. The molecule has 0 saturated carbocycles. The Morgan fingerprint density at radius 1 is 1.03 bits per heavy atom. The van der Waals surface area contributed by atoms with Gasteiger partial charge in [0.25, 0.3) is 0 Å². The molecule has 3 rings (SSSR count). The van der Waals surface area contributed by atoms with Crippen LogP contribution < -0.4 is 19.9 Å². The highest BCUT2D eigenvalue weighted by molar-refractivity contribution is 8.58. The summed E-state index contributed by atoms with van der Waals surface area (Å²) in [5, 5.41) is -1.03. The number of rotatable bonds is 13. The van der Waals surface area contributed by atoms with Crippen LogP contribution in [0.25, 0.3) is 0 Å². The lowest BCUT2D eigenvalue weighted by atomic mass is 9.98. The number of primary amides is 1. The average Bonchev–Trinajstić information content (AvgIpc) is 2.86. The van der Waals surface area contributed by atoms with Gasteiger partial charge in [0.1, 0.15) is 22.4 Å². The van der Waals surface area contributed by atoms with Crippen LogP contribution in [0.1, 0.15) is 24.8 Å². The van der Waals surface area contributed by atoms with E-state index in [0.717, 1.165) is 28.4 Å². The lowest BCUT2D eigenvalue weighted by Crippen LogP contribution is -2.47. The second kappa shape index (κ2) is 12.7. The Morgan fingerprint density at radius 3 is 2.23 bits per heavy atom. The van der Waals surface area contributed by atoms with Crippen molar-refractivity contribution in [2.24, 2.45) is 5.73 Å². The fourth-order valence-corrected chi connectivity index (χ4v) is 9.08. The summed E-state index contributed by atoms with van der Waals surface area (Å²) in [6, 6.07) is 13.1. The molecule has 2 aromatic carbocycles. The van der Waals surface area contributed by atoms with Crippen molar-refractivity contribution in [3.63, 3.8) is 0 Å². The maximum atomic E-state index is 13.6. The van der Waals surface area contributed by atoms with Gasteiger partial charge in [-0.05, 0) is 61.5 Å². The molecular formula is C25H34NO7PS. The van der Waals surface area contributed by atoms with Crippen molar-refractivity contribution in [3.8, 4) is 17.2 Å². The zero-order chi connectivity index (χ0) is 25.3. The fourth-order valence-electron chi connectivity index (χ4n) is 3.94. The van der Waals surface area contributed by atoms with Gasteiger partial charge in [-0.2, -0.15) is 0 Å². The van der Waals surface area contributed by atoms with Crippen molar-refractivity contribution in [2.75, 3.05) is 47.3 Å². The van der Waals surface area contributed by atoms with Crippen molar-refractivity contribution in [1.29, 1.82) is 0 Å². The number of carbonyl (C=O) groups excluding carboxylic acids is 1. The monoisotopic (exact) mass is 523 g/mol. The summed E-state index contributed by atoms with van der Waals surface area (Å²) in [4.78, 5) is 13.1. The molecular weight excluding hydrogens is 489 g/mol. The first-order valence-electron chi connectivity index (χ1n) is 11.5. The molecule has 0 aliphatic carbocycles. The van der Waals surface area contributed by atoms with Gasteiger partial charge < -0.3 is 34.0 Å². The largest absolute Gasteiger partial charge is 0.497 e. The average molecular weight is 524 g/mol. The van der Waals surface area contributed by atoms with Crippen LogP contribution in [0.4, 0.5) is 0 Å². The minimum absolute atomic E-state index is 0.387. The molecule has 8 nitrogen and oxygen atoms in total. The molecule has 1 saturated heterocycles. The molecule has 0 bridgehead atoms. The third-order valence-corrected chi connectivity index (χ3v) is 11.8. The van der Waals surface area contributed by atoms with E-state index in [2.05, 4.69) is 0 Å². The predicted molar refractivity (Wildman–Crippen MR) is 137 cm³/mol. The van der Waals surface area contributed by atoms with Crippen LogP contribution in [0.3, 0.4) is 0 Å². The van der Waals surface area contributed by atoms with E-state index in [1.807, 2.05) is 42.5 Å². The molecule has 0 radical (unpaired) electrons. The Labute approximate surface area is 210 Å². The molecule has 1 amide bonds. The topological polar surface area (TPSA) is 106 Å². The minimum Gasteiger partial charge on any atom is -0.497 e. The smallest absolute Gasteiger partial charge is 0.232 e. The highest BCUT2D eigenvalue weighted by Gasteiger charge is 2.51. The molecule has 1 unspecified atom stereocenters. The molecule has 1 fully saturated rings. The van der Waals surface area contributed by atoms with Gasteiger partial charge in [-0.1, -0.05) is 11.4 Å². The second-order valence-corrected chi connectivity index (χ2v) is 14.2. The predicted octanol–water partition coefficient (Wildman–Crippen LogP) is 4.72. The van der Waals surface area contributed by atoms with Crippen LogP contribution in [-0.2, 0) is 25.4 Å². The van der Waals surface area contributed by atoms with Gasteiger partial charge in [-0.25, -0.2) is 0 Å². The van der Waals surface area contributed by atoms with Gasteiger partial charge in [-0.15, -0.1) is 0 Å². The Kier molecular flexibility index (Phi) is 9.92. The van der Waals surface area contributed by atoms with Crippen LogP contribution in [0, 0.1) is 0 Å². The molecule has 2 aromatic rings. The third kappa shape index (κ3) is 7.17. The maximum Gasteiger partial charge on any atom is 0.232 e. The van der Waals surface area contributed by atoms with E-state index in [9.17, 15) is 9.36 Å². The molecule has 2 N–H and O–H groups in total. The normalized spacial score (nSPS) is 16.8.